The van der Waals surface area contributed by atoms with Gasteiger partial charge < -0.3 is 4.43 Å². The summed E-state index contributed by atoms with van der Waals surface area (Å²) in [5.74, 6) is 0.821. The van der Waals surface area contributed by atoms with E-state index >= 15 is 0 Å². The number of para-hydroxylation sites is 2. The summed E-state index contributed by atoms with van der Waals surface area (Å²) >= 11 is 0. The van der Waals surface area contributed by atoms with Crippen molar-refractivity contribution in [1.29, 1.82) is 0 Å². The molecule has 1 heterocycles. The number of aromatic nitrogens is 1. The molecular formula is C28H35N3OSi. The van der Waals surface area contributed by atoms with Crippen LogP contribution in [0.25, 0.3) is 0 Å². The Morgan fingerprint density at radius 3 is 1.39 bits per heavy atom. The first kappa shape index (κ1) is 24.6. The van der Waals surface area contributed by atoms with E-state index in [1.54, 1.807) is 0 Å². The van der Waals surface area contributed by atoms with E-state index in [9.17, 15) is 0 Å². The fraction of sp³-hybridized carbons (Fsp3) is 0.321. The lowest BCUT2D eigenvalue weighted by atomic mass is 10.1. The minimum absolute atomic E-state index is 0.805. The fourth-order valence-electron chi connectivity index (χ4n) is 3.70. The molecule has 4 nitrogen and oxygen atoms in total. The molecule has 0 unspecified atom stereocenters. The Labute approximate surface area is 199 Å². The molecule has 172 valence electrons. The summed E-state index contributed by atoms with van der Waals surface area (Å²) in [6.07, 6.45) is 0. The third-order valence-corrected chi connectivity index (χ3v) is 6.25. The van der Waals surface area contributed by atoms with Crippen molar-refractivity contribution in [2.75, 3.05) is 0 Å². The molecule has 0 fully saturated rings. The standard InChI is InChI=1S/C28H35N3OSi/c1-18-12-10-13-19(2)27(18)29-22(5)25-16-24(32-33(7,8)9)17-26(31-25)23(6)30-28-20(3)14-11-15-21(28)4/h10-17H,1-9H3. The highest BCUT2D eigenvalue weighted by atomic mass is 28.4. The second-order valence-electron chi connectivity index (χ2n) is 9.66. The van der Waals surface area contributed by atoms with Gasteiger partial charge in [-0.05, 0) is 83.4 Å². The highest BCUT2D eigenvalue weighted by Gasteiger charge is 2.19. The Morgan fingerprint density at radius 1 is 0.697 bits per heavy atom. The van der Waals surface area contributed by atoms with Gasteiger partial charge in [-0.25, -0.2) is 4.98 Å². The summed E-state index contributed by atoms with van der Waals surface area (Å²) in [6, 6.07) is 16.5. The first-order valence-corrected chi connectivity index (χ1v) is 14.8. The normalized spacial score (nSPS) is 12.8. The van der Waals surface area contributed by atoms with Crippen LogP contribution in [0.3, 0.4) is 0 Å². The van der Waals surface area contributed by atoms with Crippen LogP contribution in [0.5, 0.6) is 5.75 Å². The first-order chi connectivity index (χ1) is 15.4. The van der Waals surface area contributed by atoms with Crippen LogP contribution in [0.15, 0.2) is 58.5 Å². The fourth-order valence-corrected chi connectivity index (χ4v) is 4.53. The summed E-state index contributed by atoms with van der Waals surface area (Å²) in [5, 5.41) is 0. The van der Waals surface area contributed by atoms with Gasteiger partial charge in [0.15, 0.2) is 0 Å². The average molecular weight is 458 g/mol. The number of rotatable bonds is 6. The van der Waals surface area contributed by atoms with E-state index in [2.05, 4.69) is 83.7 Å². The minimum Gasteiger partial charge on any atom is -0.544 e. The number of pyridine rings is 1. The molecule has 0 atom stereocenters. The van der Waals surface area contributed by atoms with Crippen LogP contribution < -0.4 is 4.43 Å². The molecule has 0 amide bonds. The van der Waals surface area contributed by atoms with Gasteiger partial charge in [-0.2, -0.15) is 0 Å². The van der Waals surface area contributed by atoms with Gasteiger partial charge in [-0.1, -0.05) is 36.4 Å². The maximum absolute atomic E-state index is 6.37. The summed E-state index contributed by atoms with van der Waals surface area (Å²) in [4.78, 5) is 14.8. The molecule has 0 radical (unpaired) electrons. The predicted molar refractivity (Wildman–Crippen MR) is 144 cm³/mol. The van der Waals surface area contributed by atoms with Crippen LogP contribution in [-0.4, -0.2) is 24.7 Å². The Hall–Kier alpha value is -3.05. The molecule has 0 aliphatic heterocycles. The molecular weight excluding hydrogens is 422 g/mol. The Kier molecular flexibility index (Phi) is 7.33. The molecule has 0 saturated heterocycles. The van der Waals surface area contributed by atoms with Crippen LogP contribution in [0, 0.1) is 27.7 Å². The number of nitrogens with zero attached hydrogens (tertiary/aromatic N) is 3. The lowest BCUT2D eigenvalue weighted by Crippen LogP contribution is -2.29. The van der Waals surface area contributed by atoms with Crippen LogP contribution in [-0.2, 0) is 0 Å². The molecule has 0 aliphatic rings. The van der Waals surface area contributed by atoms with Crippen molar-refractivity contribution in [3.05, 3.63) is 82.2 Å². The van der Waals surface area contributed by atoms with E-state index in [1.807, 2.05) is 26.0 Å². The smallest absolute Gasteiger partial charge is 0.242 e. The monoisotopic (exact) mass is 457 g/mol. The van der Waals surface area contributed by atoms with Gasteiger partial charge in [0, 0.05) is 12.1 Å². The van der Waals surface area contributed by atoms with E-state index < -0.39 is 8.32 Å². The Balaban J connectivity index is 2.14. The highest BCUT2D eigenvalue weighted by molar-refractivity contribution is 6.70. The third-order valence-electron chi connectivity index (χ3n) is 5.40. The van der Waals surface area contributed by atoms with E-state index in [-0.39, 0.29) is 0 Å². The maximum atomic E-state index is 6.37. The largest absolute Gasteiger partial charge is 0.544 e. The van der Waals surface area contributed by atoms with Gasteiger partial charge in [-0.15, -0.1) is 0 Å². The summed E-state index contributed by atoms with van der Waals surface area (Å²) in [5.41, 5.74) is 9.91. The van der Waals surface area contributed by atoms with Crippen LogP contribution in [0.4, 0.5) is 11.4 Å². The topological polar surface area (TPSA) is 46.8 Å². The van der Waals surface area contributed by atoms with Crippen molar-refractivity contribution < 1.29 is 4.43 Å². The van der Waals surface area contributed by atoms with Crippen LogP contribution in [0.1, 0.15) is 47.5 Å². The molecule has 5 heteroatoms. The Morgan fingerprint density at radius 2 is 1.06 bits per heavy atom. The molecule has 0 bridgehead atoms. The van der Waals surface area contributed by atoms with Gasteiger partial charge in [0.05, 0.1) is 34.2 Å². The van der Waals surface area contributed by atoms with Crippen molar-refractivity contribution in [2.24, 2.45) is 9.98 Å². The molecule has 3 rings (SSSR count). The highest BCUT2D eigenvalue weighted by Crippen LogP contribution is 2.27. The first-order valence-electron chi connectivity index (χ1n) is 11.4. The zero-order valence-corrected chi connectivity index (χ0v) is 22.4. The average Bonchev–Trinajstić information content (AvgIpc) is 2.72. The summed E-state index contributed by atoms with van der Waals surface area (Å²) in [7, 11) is -1.80. The zero-order valence-electron chi connectivity index (χ0n) is 21.4. The molecule has 3 aromatic rings. The maximum Gasteiger partial charge on any atom is 0.242 e. The molecule has 33 heavy (non-hydrogen) atoms. The molecule has 0 aliphatic carbocycles. The number of aryl methyl sites for hydroxylation is 4. The number of hydrogen-bond acceptors (Lipinski definition) is 4. The van der Waals surface area contributed by atoms with Crippen molar-refractivity contribution >= 4 is 31.1 Å². The summed E-state index contributed by atoms with van der Waals surface area (Å²) in [6.45, 7) is 18.9. The SMILES string of the molecule is CC(=Nc1c(C)cccc1C)c1cc(O[Si](C)(C)C)cc(C(C)=Nc2c(C)cccc2C)n1. The number of hydrogen-bond donors (Lipinski definition) is 0. The van der Waals surface area contributed by atoms with Crippen molar-refractivity contribution in [3.63, 3.8) is 0 Å². The van der Waals surface area contributed by atoms with Crippen molar-refractivity contribution in [1.82, 2.24) is 4.98 Å². The van der Waals surface area contributed by atoms with Gasteiger partial charge in [0.25, 0.3) is 0 Å². The third kappa shape index (κ3) is 6.26. The van der Waals surface area contributed by atoms with Crippen molar-refractivity contribution in [3.8, 4) is 5.75 Å². The zero-order chi connectivity index (χ0) is 24.3. The molecule has 2 aromatic carbocycles. The van der Waals surface area contributed by atoms with Gasteiger partial charge in [0.2, 0.25) is 8.32 Å². The molecule has 0 N–H and O–H groups in total. The second kappa shape index (κ2) is 9.83. The van der Waals surface area contributed by atoms with Crippen LogP contribution in [0.2, 0.25) is 19.6 Å². The second-order valence-corrected chi connectivity index (χ2v) is 14.1. The van der Waals surface area contributed by atoms with E-state index in [0.717, 1.165) is 62.2 Å². The van der Waals surface area contributed by atoms with E-state index in [0.29, 0.717) is 0 Å². The van der Waals surface area contributed by atoms with Crippen LogP contribution >= 0.6 is 0 Å². The Bertz CT molecular complexity index is 1110. The van der Waals surface area contributed by atoms with Gasteiger partial charge in [-0.3, -0.25) is 9.98 Å². The number of benzene rings is 2. The lowest BCUT2D eigenvalue weighted by Gasteiger charge is -2.20. The van der Waals surface area contributed by atoms with Crippen molar-refractivity contribution in [2.45, 2.75) is 61.2 Å². The molecule has 0 saturated carbocycles. The predicted octanol–water partition coefficient (Wildman–Crippen LogP) is 7.81. The number of aliphatic imine (C=N–C) groups is 2. The molecule has 0 spiro atoms. The molecule has 1 aromatic heterocycles. The summed E-state index contributed by atoms with van der Waals surface area (Å²) < 4.78 is 6.37. The van der Waals surface area contributed by atoms with E-state index in [1.165, 1.54) is 0 Å². The van der Waals surface area contributed by atoms with E-state index in [4.69, 9.17) is 19.4 Å². The van der Waals surface area contributed by atoms with Gasteiger partial charge >= 0.3 is 0 Å². The quantitative estimate of drug-likeness (QED) is 0.280. The minimum atomic E-state index is -1.80. The lowest BCUT2D eigenvalue weighted by molar-refractivity contribution is 0.556. The van der Waals surface area contributed by atoms with Gasteiger partial charge in [0.1, 0.15) is 5.75 Å².